The Labute approximate surface area is 149 Å². The van der Waals surface area contributed by atoms with Crippen LogP contribution in [0.2, 0.25) is 0 Å². The Kier molecular flexibility index (Phi) is 6.58. The van der Waals surface area contributed by atoms with Gasteiger partial charge in [0.2, 0.25) is 0 Å². The summed E-state index contributed by atoms with van der Waals surface area (Å²) < 4.78 is 26.7. The van der Waals surface area contributed by atoms with Crippen molar-refractivity contribution in [3.8, 4) is 0 Å². The molecule has 2 rings (SSSR count). The Morgan fingerprint density at radius 2 is 1.80 bits per heavy atom. The second kappa shape index (κ2) is 8.47. The van der Waals surface area contributed by atoms with Crippen LogP contribution in [0.25, 0.3) is 0 Å². The molecular weight excluding hydrogens is 340 g/mol. The van der Waals surface area contributed by atoms with E-state index in [1.165, 1.54) is 12.1 Å². The molecule has 0 radical (unpaired) electrons. The van der Waals surface area contributed by atoms with Crippen molar-refractivity contribution in [2.45, 2.75) is 62.8 Å². The third-order valence-corrected chi connectivity index (χ3v) is 6.15. The second-order valence-electron chi connectivity index (χ2n) is 6.76. The molecule has 0 bridgehead atoms. The van der Waals surface area contributed by atoms with E-state index in [9.17, 15) is 18.0 Å². The molecule has 0 heterocycles. The number of nitrogens with one attached hydrogen (secondary N) is 2. The molecule has 1 atom stereocenters. The Bertz CT molecular complexity index is 692. The summed E-state index contributed by atoms with van der Waals surface area (Å²) in [5.74, 6) is 0.406. The largest absolute Gasteiger partial charge is 0.335 e. The maximum Gasteiger partial charge on any atom is 0.328 e. The van der Waals surface area contributed by atoms with Gasteiger partial charge in [0, 0.05) is 12.0 Å². The number of hydrogen-bond donors (Lipinski definition) is 2. The molecule has 7 heteroatoms. The van der Waals surface area contributed by atoms with E-state index in [2.05, 4.69) is 17.0 Å². The Morgan fingerprint density at radius 3 is 2.32 bits per heavy atom. The van der Waals surface area contributed by atoms with Gasteiger partial charge in [-0.2, -0.15) is 0 Å². The summed E-state index contributed by atoms with van der Waals surface area (Å²) in [6.45, 7) is 4.07. The summed E-state index contributed by atoms with van der Waals surface area (Å²) in [4.78, 5) is 23.0. The zero-order valence-electron chi connectivity index (χ0n) is 14.7. The third-order valence-electron chi connectivity index (χ3n) is 4.80. The maximum atomic E-state index is 12.3. The van der Waals surface area contributed by atoms with Crippen LogP contribution in [0, 0.1) is 5.92 Å². The monoisotopic (exact) mass is 366 g/mol. The number of carbonyl (C=O) groups excluding carboxylic acids is 2. The average molecular weight is 366 g/mol. The number of amides is 2. The molecule has 1 aliphatic rings. The molecule has 0 aliphatic heterocycles. The number of benzene rings is 1. The molecule has 0 aromatic heterocycles. The second-order valence-corrected chi connectivity index (χ2v) is 8.44. The number of hydrogen-bond acceptors (Lipinski definition) is 4. The van der Waals surface area contributed by atoms with Gasteiger partial charge in [-0.25, -0.2) is 17.9 Å². The molecule has 0 spiro atoms. The van der Waals surface area contributed by atoms with Crippen molar-refractivity contribution in [1.82, 2.24) is 10.0 Å². The van der Waals surface area contributed by atoms with Crippen molar-refractivity contribution in [3.05, 3.63) is 29.8 Å². The minimum absolute atomic E-state index is 0.00409. The summed E-state index contributed by atoms with van der Waals surface area (Å²) in [6, 6.07) is 5.38. The van der Waals surface area contributed by atoms with Crippen LogP contribution in [0.4, 0.5) is 4.79 Å². The van der Waals surface area contributed by atoms with Crippen LogP contribution in [0.3, 0.4) is 0 Å². The lowest BCUT2D eigenvalue weighted by Crippen LogP contribution is -2.45. The van der Waals surface area contributed by atoms with Crippen molar-refractivity contribution in [2.24, 2.45) is 5.92 Å². The predicted octanol–water partition coefficient (Wildman–Crippen LogP) is 2.95. The van der Waals surface area contributed by atoms with Crippen molar-refractivity contribution < 1.29 is 18.0 Å². The summed E-state index contributed by atoms with van der Waals surface area (Å²) in [7, 11) is -3.93. The van der Waals surface area contributed by atoms with Gasteiger partial charge in [0.25, 0.3) is 10.0 Å². The van der Waals surface area contributed by atoms with Crippen LogP contribution >= 0.6 is 0 Å². The van der Waals surface area contributed by atoms with Crippen molar-refractivity contribution in [1.29, 1.82) is 0 Å². The topological polar surface area (TPSA) is 92.3 Å². The van der Waals surface area contributed by atoms with Crippen LogP contribution in [-0.2, 0) is 14.8 Å². The fourth-order valence-corrected chi connectivity index (χ4v) is 4.02. The molecule has 1 aromatic carbocycles. The number of rotatable bonds is 6. The molecule has 1 unspecified atom stereocenters. The highest BCUT2D eigenvalue weighted by molar-refractivity contribution is 7.90. The standard InChI is InChI=1S/C18H26N2O4S/c1-3-14(12-21)15-6-10-17(11-7-15)25(23,24)20-18(22)19-16-8-4-13(2)5-9-16/h6-7,10-14,16H,3-5,8-9H2,1-2H3,(H2,19,20,22). The Balaban J connectivity index is 1.98. The van der Waals surface area contributed by atoms with Gasteiger partial charge >= 0.3 is 6.03 Å². The molecule has 1 aliphatic carbocycles. The van der Waals surface area contributed by atoms with Gasteiger partial charge in [0.05, 0.1) is 4.90 Å². The van der Waals surface area contributed by atoms with Gasteiger partial charge in [0.1, 0.15) is 6.29 Å². The molecule has 1 aromatic rings. The van der Waals surface area contributed by atoms with Gasteiger partial charge < -0.3 is 10.1 Å². The highest BCUT2D eigenvalue weighted by Gasteiger charge is 2.23. The lowest BCUT2D eigenvalue weighted by molar-refractivity contribution is -0.109. The van der Waals surface area contributed by atoms with Crippen LogP contribution in [0.15, 0.2) is 29.2 Å². The molecule has 138 valence electrons. The summed E-state index contributed by atoms with van der Waals surface area (Å²) in [5.41, 5.74) is 0.761. The zero-order valence-corrected chi connectivity index (χ0v) is 15.5. The van der Waals surface area contributed by atoms with Gasteiger partial charge in [-0.1, -0.05) is 26.0 Å². The first-order chi connectivity index (χ1) is 11.9. The first-order valence-electron chi connectivity index (χ1n) is 8.74. The molecule has 25 heavy (non-hydrogen) atoms. The molecule has 2 amide bonds. The fraction of sp³-hybridized carbons (Fsp3) is 0.556. The SMILES string of the molecule is CCC(C=O)c1ccc(S(=O)(=O)NC(=O)NC2CCC(C)CC2)cc1. The first kappa shape index (κ1) is 19.4. The van der Waals surface area contributed by atoms with Crippen LogP contribution in [0.1, 0.15) is 57.4 Å². The molecule has 1 fully saturated rings. The van der Waals surface area contributed by atoms with E-state index >= 15 is 0 Å². The predicted molar refractivity (Wildman–Crippen MR) is 95.8 cm³/mol. The lowest BCUT2D eigenvalue weighted by atomic mass is 9.87. The van der Waals surface area contributed by atoms with E-state index in [4.69, 9.17) is 0 Å². The smallest absolute Gasteiger partial charge is 0.328 e. The van der Waals surface area contributed by atoms with Gasteiger partial charge in [0.15, 0.2) is 0 Å². The van der Waals surface area contributed by atoms with Gasteiger partial charge in [-0.05, 0) is 55.7 Å². The van der Waals surface area contributed by atoms with Gasteiger partial charge in [-0.3, -0.25) is 0 Å². The fourth-order valence-electron chi connectivity index (χ4n) is 3.10. The van der Waals surface area contributed by atoms with Crippen LogP contribution in [-0.4, -0.2) is 26.8 Å². The number of aldehydes is 1. The normalized spacial score (nSPS) is 22.0. The van der Waals surface area contributed by atoms with Crippen LogP contribution in [0.5, 0.6) is 0 Å². The molecule has 0 saturated heterocycles. The van der Waals surface area contributed by atoms with Crippen molar-refractivity contribution in [2.75, 3.05) is 0 Å². The Morgan fingerprint density at radius 1 is 1.20 bits per heavy atom. The van der Waals surface area contributed by atoms with E-state index in [0.29, 0.717) is 12.3 Å². The molecule has 2 N–H and O–H groups in total. The number of carbonyl (C=O) groups is 2. The summed E-state index contributed by atoms with van der Waals surface area (Å²) in [6.07, 6.45) is 5.31. The molecule has 1 saturated carbocycles. The van der Waals surface area contributed by atoms with E-state index in [-0.39, 0.29) is 16.9 Å². The van der Waals surface area contributed by atoms with E-state index in [0.717, 1.165) is 37.5 Å². The maximum absolute atomic E-state index is 12.3. The lowest BCUT2D eigenvalue weighted by Gasteiger charge is -2.26. The van der Waals surface area contributed by atoms with Crippen molar-refractivity contribution in [3.63, 3.8) is 0 Å². The van der Waals surface area contributed by atoms with Gasteiger partial charge in [-0.15, -0.1) is 0 Å². The highest BCUT2D eigenvalue weighted by Crippen LogP contribution is 2.23. The minimum atomic E-state index is -3.93. The molecule has 6 nitrogen and oxygen atoms in total. The average Bonchev–Trinajstić information content (AvgIpc) is 2.58. The summed E-state index contributed by atoms with van der Waals surface area (Å²) in [5, 5.41) is 2.74. The third kappa shape index (κ3) is 5.29. The van der Waals surface area contributed by atoms with E-state index < -0.39 is 16.1 Å². The molecular formula is C18H26N2O4S. The van der Waals surface area contributed by atoms with E-state index in [1.807, 2.05) is 6.92 Å². The summed E-state index contributed by atoms with van der Waals surface area (Å²) >= 11 is 0. The highest BCUT2D eigenvalue weighted by atomic mass is 32.2. The first-order valence-corrected chi connectivity index (χ1v) is 10.2. The van der Waals surface area contributed by atoms with Crippen LogP contribution < -0.4 is 10.0 Å². The van der Waals surface area contributed by atoms with E-state index in [1.54, 1.807) is 12.1 Å². The Hall–Kier alpha value is -1.89. The zero-order chi connectivity index (χ0) is 18.4. The van der Waals surface area contributed by atoms with Crippen molar-refractivity contribution >= 4 is 22.3 Å². The minimum Gasteiger partial charge on any atom is -0.335 e. The quantitative estimate of drug-likeness (QED) is 0.757. The number of urea groups is 1. The number of sulfonamides is 1.